The summed E-state index contributed by atoms with van der Waals surface area (Å²) in [5, 5.41) is 3.62. The van der Waals surface area contributed by atoms with E-state index in [2.05, 4.69) is 37.4 Å². The summed E-state index contributed by atoms with van der Waals surface area (Å²) in [5.74, 6) is 2.43. The Balaban J connectivity index is 1.82. The highest BCUT2D eigenvalue weighted by Crippen LogP contribution is 2.37. The van der Waals surface area contributed by atoms with Crippen molar-refractivity contribution in [3.05, 3.63) is 29.8 Å². The van der Waals surface area contributed by atoms with E-state index in [0.29, 0.717) is 6.04 Å². The van der Waals surface area contributed by atoms with Crippen LogP contribution in [0.15, 0.2) is 24.3 Å². The Kier molecular flexibility index (Phi) is 4.06. The third kappa shape index (κ3) is 3.22. The lowest BCUT2D eigenvalue weighted by Crippen LogP contribution is -2.41. The average molecular weight is 233 g/mol. The first-order chi connectivity index (χ1) is 8.19. The molecule has 0 spiro atoms. The van der Waals surface area contributed by atoms with Crippen LogP contribution in [0.5, 0.6) is 5.75 Å². The number of benzene rings is 1. The quantitative estimate of drug-likeness (QED) is 0.843. The van der Waals surface area contributed by atoms with Crippen molar-refractivity contribution >= 4 is 0 Å². The second-order valence-electron chi connectivity index (χ2n) is 5.44. The SMILES string of the molecule is COc1cccc(C2CC(NCC(C)C)C2)c1. The van der Waals surface area contributed by atoms with Crippen LogP contribution in [0.4, 0.5) is 0 Å². The van der Waals surface area contributed by atoms with Gasteiger partial charge in [0, 0.05) is 6.04 Å². The third-order valence-corrected chi connectivity index (χ3v) is 3.52. The Morgan fingerprint density at radius 3 is 2.76 bits per heavy atom. The van der Waals surface area contributed by atoms with Crippen LogP contribution in [0.1, 0.15) is 38.2 Å². The molecule has 94 valence electrons. The van der Waals surface area contributed by atoms with Gasteiger partial charge in [0.25, 0.3) is 0 Å². The first kappa shape index (κ1) is 12.4. The van der Waals surface area contributed by atoms with Gasteiger partial charge in [-0.25, -0.2) is 0 Å². The highest BCUT2D eigenvalue weighted by Gasteiger charge is 2.29. The van der Waals surface area contributed by atoms with Gasteiger partial charge in [-0.1, -0.05) is 26.0 Å². The molecule has 0 heterocycles. The van der Waals surface area contributed by atoms with Crippen LogP contribution < -0.4 is 10.1 Å². The molecule has 0 radical (unpaired) electrons. The molecule has 0 atom stereocenters. The maximum atomic E-state index is 5.26. The van der Waals surface area contributed by atoms with Crippen molar-refractivity contribution < 1.29 is 4.74 Å². The van der Waals surface area contributed by atoms with E-state index >= 15 is 0 Å². The van der Waals surface area contributed by atoms with Crippen LogP contribution in [-0.4, -0.2) is 19.7 Å². The fourth-order valence-corrected chi connectivity index (χ4v) is 2.35. The maximum absolute atomic E-state index is 5.26. The van der Waals surface area contributed by atoms with Crippen molar-refractivity contribution in [3.63, 3.8) is 0 Å². The zero-order chi connectivity index (χ0) is 12.3. The van der Waals surface area contributed by atoms with Gasteiger partial charge < -0.3 is 10.1 Å². The Hall–Kier alpha value is -1.02. The molecule has 2 heteroatoms. The van der Waals surface area contributed by atoms with Crippen molar-refractivity contribution in [2.45, 2.75) is 38.6 Å². The number of hydrogen-bond acceptors (Lipinski definition) is 2. The summed E-state index contributed by atoms with van der Waals surface area (Å²) in [7, 11) is 1.73. The van der Waals surface area contributed by atoms with Gasteiger partial charge in [-0.15, -0.1) is 0 Å². The van der Waals surface area contributed by atoms with Gasteiger partial charge in [-0.2, -0.15) is 0 Å². The molecule has 1 N–H and O–H groups in total. The van der Waals surface area contributed by atoms with Gasteiger partial charge in [0.2, 0.25) is 0 Å². The molecule has 0 saturated heterocycles. The highest BCUT2D eigenvalue weighted by atomic mass is 16.5. The van der Waals surface area contributed by atoms with Crippen LogP contribution in [0.3, 0.4) is 0 Å². The van der Waals surface area contributed by atoms with Gasteiger partial charge >= 0.3 is 0 Å². The van der Waals surface area contributed by atoms with E-state index in [-0.39, 0.29) is 0 Å². The summed E-state index contributed by atoms with van der Waals surface area (Å²) >= 11 is 0. The maximum Gasteiger partial charge on any atom is 0.119 e. The van der Waals surface area contributed by atoms with E-state index < -0.39 is 0 Å². The Bertz CT molecular complexity index is 356. The monoisotopic (exact) mass is 233 g/mol. The van der Waals surface area contributed by atoms with Gasteiger partial charge in [-0.05, 0) is 48.9 Å². The van der Waals surface area contributed by atoms with E-state index in [1.807, 2.05) is 6.07 Å². The Morgan fingerprint density at radius 1 is 1.35 bits per heavy atom. The molecule has 1 aromatic rings. The number of hydrogen-bond donors (Lipinski definition) is 1. The summed E-state index contributed by atoms with van der Waals surface area (Å²) in [4.78, 5) is 0. The summed E-state index contributed by atoms with van der Waals surface area (Å²) in [6.07, 6.45) is 2.53. The molecular formula is C15H23NO. The molecule has 1 aliphatic carbocycles. The second-order valence-corrected chi connectivity index (χ2v) is 5.44. The highest BCUT2D eigenvalue weighted by molar-refractivity contribution is 5.32. The van der Waals surface area contributed by atoms with E-state index in [1.165, 1.54) is 18.4 Å². The number of rotatable bonds is 5. The molecule has 0 amide bonds. The Labute approximate surface area is 104 Å². The number of ether oxygens (including phenoxy) is 1. The van der Waals surface area contributed by atoms with E-state index in [1.54, 1.807) is 7.11 Å². The van der Waals surface area contributed by atoms with E-state index in [0.717, 1.165) is 24.1 Å². The molecule has 1 aliphatic rings. The van der Waals surface area contributed by atoms with Gasteiger partial charge in [0.05, 0.1) is 7.11 Å². The van der Waals surface area contributed by atoms with Gasteiger partial charge in [0.15, 0.2) is 0 Å². The molecule has 2 rings (SSSR count). The smallest absolute Gasteiger partial charge is 0.119 e. The van der Waals surface area contributed by atoms with E-state index in [9.17, 15) is 0 Å². The zero-order valence-corrected chi connectivity index (χ0v) is 11.1. The summed E-state index contributed by atoms with van der Waals surface area (Å²) in [6, 6.07) is 9.20. The first-order valence-electron chi connectivity index (χ1n) is 6.56. The topological polar surface area (TPSA) is 21.3 Å². The summed E-state index contributed by atoms with van der Waals surface area (Å²) in [5.41, 5.74) is 1.42. The number of methoxy groups -OCH3 is 1. The fourth-order valence-electron chi connectivity index (χ4n) is 2.35. The van der Waals surface area contributed by atoms with E-state index in [4.69, 9.17) is 4.74 Å². The summed E-state index contributed by atoms with van der Waals surface area (Å²) in [6.45, 7) is 5.64. The first-order valence-corrected chi connectivity index (χ1v) is 6.56. The van der Waals surface area contributed by atoms with Crippen LogP contribution in [0, 0.1) is 5.92 Å². The molecule has 1 aromatic carbocycles. The second kappa shape index (κ2) is 5.54. The molecule has 0 aliphatic heterocycles. The normalized spacial score (nSPS) is 23.5. The third-order valence-electron chi connectivity index (χ3n) is 3.52. The predicted molar refractivity (Wildman–Crippen MR) is 71.6 cm³/mol. The van der Waals surface area contributed by atoms with Crippen LogP contribution in [-0.2, 0) is 0 Å². The molecule has 17 heavy (non-hydrogen) atoms. The van der Waals surface area contributed by atoms with Crippen LogP contribution in [0.2, 0.25) is 0 Å². The minimum Gasteiger partial charge on any atom is -0.497 e. The Morgan fingerprint density at radius 2 is 2.12 bits per heavy atom. The van der Waals surface area contributed by atoms with Crippen molar-refractivity contribution in [2.24, 2.45) is 5.92 Å². The lowest BCUT2D eigenvalue weighted by atomic mass is 9.76. The molecule has 0 aromatic heterocycles. The molecule has 1 fully saturated rings. The molecular weight excluding hydrogens is 210 g/mol. The van der Waals surface area contributed by atoms with Crippen molar-refractivity contribution in [1.82, 2.24) is 5.32 Å². The lowest BCUT2D eigenvalue weighted by Gasteiger charge is -2.37. The summed E-state index contributed by atoms with van der Waals surface area (Å²) < 4.78 is 5.26. The number of nitrogens with one attached hydrogen (secondary N) is 1. The van der Waals surface area contributed by atoms with Crippen molar-refractivity contribution in [2.75, 3.05) is 13.7 Å². The van der Waals surface area contributed by atoms with Crippen molar-refractivity contribution in [1.29, 1.82) is 0 Å². The minimum atomic E-state index is 0.716. The molecule has 1 saturated carbocycles. The largest absolute Gasteiger partial charge is 0.497 e. The molecule has 0 unspecified atom stereocenters. The standard InChI is InChI=1S/C15H23NO/c1-11(2)10-16-14-7-13(8-14)12-5-4-6-15(9-12)17-3/h4-6,9,11,13-14,16H,7-8,10H2,1-3H3. The van der Waals surface area contributed by atoms with Crippen molar-refractivity contribution in [3.8, 4) is 5.75 Å². The molecule has 0 bridgehead atoms. The lowest BCUT2D eigenvalue weighted by molar-refractivity contribution is 0.281. The minimum absolute atomic E-state index is 0.716. The van der Waals surface area contributed by atoms with Crippen LogP contribution >= 0.6 is 0 Å². The fraction of sp³-hybridized carbons (Fsp3) is 0.600. The van der Waals surface area contributed by atoms with Gasteiger partial charge in [0.1, 0.15) is 5.75 Å². The zero-order valence-electron chi connectivity index (χ0n) is 11.1. The van der Waals surface area contributed by atoms with Gasteiger partial charge in [-0.3, -0.25) is 0 Å². The van der Waals surface area contributed by atoms with Crippen LogP contribution in [0.25, 0.3) is 0 Å². The average Bonchev–Trinajstić information content (AvgIpc) is 2.27. The predicted octanol–water partition coefficient (Wildman–Crippen LogP) is 3.19. The molecule has 2 nitrogen and oxygen atoms in total.